The van der Waals surface area contributed by atoms with E-state index in [1.807, 2.05) is 19.3 Å². The van der Waals surface area contributed by atoms with Crippen molar-refractivity contribution in [3.05, 3.63) is 35.8 Å². The van der Waals surface area contributed by atoms with E-state index in [0.29, 0.717) is 18.1 Å². The van der Waals surface area contributed by atoms with Gasteiger partial charge in [-0.1, -0.05) is 6.92 Å². The van der Waals surface area contributed by atoms with Crippen LogP contribution in [0.2, 0.25) is 0 Å². The zero-order chi connectivity index (χ0) is 14.4. The van der Waals surface area contributed by atoms with Gasteiger partial charge in [-0.25, -0.2) is 0 Å². The first-order valence-corrected chi connectivity index (χ1v) is 6.53. The predicted molar refractivity (Wildman–Crippen MR) is 75.2 cm³/mol. The molecule has 7 nitrogen and oxygen atoms in total. The van der Waals surface area contributed by atoms with Gasteiger partial charge in [0.25, 0.3) is 5.91 Å². The first kappa shape index (κ1) is 14.0. The summed E-state index contributed by atoms with van der Waals surface area (Å²) in [5.41, 5.74) is 1.10. The van der Waals surface area contributed by atoms with E-state index in [1.54, 1.807) is 16.8 Å². The minimum absolute atomic E-state index is 0.259. The molecule has 0 unspecified atom stereocenters. The Kier molecular flexibility index (Phi) is 4.65. The molecule has 0 bridgehead atoms. The summed E-state index contributed by atoms with van der Waals surface area (Å²) in [5, 5.41) is 17.9. The molecule has 1 amide bonds. The van der Waals surface area contributed by atoms with E-state index in [1.165, 1.54) is 0 Å². The van der Waals surface area contributed by atoms with Gasteiger partial charge in [0, 0.05) is 19.8 Å². The highest BCUT2D eigenvalue weighted by molar-refractivity contribution is 5.92. The minimum Gasteiger partial charge on any atom is -0.369 e. The van der Waals surface area contributed by atoms with E-state index in [4.69, 9.17) is 0 Å². The summed E-state index contributed by atoms with van der Waals surface area (Å²) in [6, 6.07) is 5.25. The van der Waals surface area contributed by atoms with Crippen LogP contribution in [0.5, 0.6) is 0 Å². The first-order chi connectivity index (χ1) is 9.69. The molecule has 0 saturated heterocycles. The Bertz CT molecular complexity index is 562. The van der Waals surface area contributed by atoms with Gasteiger partial charge < -0.3 is 10.6 Å². The van der Waals surface area contributed by atoms with Crippen LogP contribution in [-0.2, 0) is 13.6 Å². The van der Waals surface area contributed by atoms with E-state index in [9.17, 15) is 4.79 Å². The van der Waals surface area contributed by atoms with Crippen molar-refractivity contribution in [2.45, 2.75) is 19.9 Å². The third-order valence-electron chi connectivity index (χ3n) is 2.65. The number of hydrogen-bond acceptors (Lipinski definition) is 5. The predicted octanol–water partition coefficient (Wildman–Crippen LogP) is 0.962. The molecule has 0 atom stereocenters. The van der Waals surface area contributed by atoms with Gasteiger partial charge in [0.1, 0.15) is 5.82 Å². The highest BCUT2D eigenvalue weighted by Gasteiger charge is 2.08. The van der Waals surface area contributed by atoms with Crippen molar-refractivity contribution >= 4 is 11.7 Å². The molecule has 2 N–H and O–H groups in total. The van der Waals surface area contributed by atoms with Crippen LogP contribution < -0.4 is 10.6 Å². The van der Waals surface area contributed by atoms with Gasteiger partial charge in [0.2, 0.25) is 0 Å². The fraction of sp³-hybridized carbons (Fsp3) is 0.385. The average Bonchev–Trinajstić information content (AvgIpc) is 2.89. The van der Waals surface area contributed by atoms with Crippen molar-refractivity contribution < 1.29 is 4.79 Å². The summed E-state index contributed by atoms with van der Waals surface area (Å²) >= 11 is 0. The quantitative estimate of drug-likeness (QED) is 0.819. The highest BCUT2D eigenvalue weighted by Crippen LogP contribution is 2.02. The number of nitrogens with one attached hydrogen (secondary N) is 2. The molecule has 0 aliphatic carbocycles. The Hall–Kier alpha value is -2.44. The van der Waals surface area contributed by atoms with Crippen molar-refractivity contribution in [3.63, 3.8) is 0 Å². The Morgan fingerprint density at radius 3 is 2.75 bits per heavy atom. The fourth-order valence-corrected chi connectivity index (χ4v) is 1.62. The van der Waals surface area contributed by atoms with Crippen molar-refractivity contribution in [3.8, 4) is 0 Å². The molecule has 20 heavy (non-hydrogen) atoms. The van der Waals surface area contributed by atoms with Gasteiger partial charge in [-0.15, -0.1) is 10.2 Å². The van der Waals surface area contributed by atoms with Gasteiger partial charge in [-0.3, -0.25) is 9.48 Å². The molecule has 0 fully saturated rings. The lowest BCUT2D eigenvalue weighted by atomic mass is 10.3. The first-order valence-electron chi connectivity index (χ1n) is 6.53. The second kappa shape index (κ2) is 6.65. The zero-order valence-electron chi connectivity index (χ0n) is 11.6. The summed E-state index contributed by atoms with van der Waals surface area (Å²) in [5.74, 6) is 0.415. The Morgan fingerprint density at radius 2 is 2.15 bits per heavy atom. The summed E-state index contributed by atoms with van der Waals surface area (Å²) in [6.45, 7) is 3.27. The number of carbonyl (C=O) groups excluding carboxylic acids is 1. The molecule has 0 aliphatic heterocycles. The molecule has 106 valence electrons. The monoisotopic (exact) mass is 274 g/mol. The third kappa shape index (κ3) is 3.78. The summed E-state index contributed by atoms with van der Waals surface area (Å²) in [4.78, 5) is 11.9. The fourth-order valence-electron chi connectivity index (χ4n) is 1.62. The molecule has 2 heterocycles. The standard InChI is InChI=1S/C13H18N6O/c1-3-7-14-12-5-4-11(16-17-12)13(20)15-9-10-6-8-19(2)18-10/h4-6,8H,3,7,9H2,1-2H3,(H,14,17)(H,15,20). The number of hydrogen-bond donors (Lipinski definition) is 2. The van der Waals surface area contributed by atoms with Crippen LogP contribution in [0.1, 0.15) is 29.5 Å². The van der Waals surface area contributed by atoms with Gasteiger partial charge >= 0.3 is 0 Å². The number of carbonyl (C=O) groups is 1. The van der Waals surface area contributed by atoms with Crippen LogP contribution in [0.15, 0.2) is 24.4 Å². The van der Waals surface area contributed by atoms with Crippen LogP contribution in [0, 0.1) is 0 Å². The number of nitrogens with zero attached hydrogens (tertiary/aromatic N) is 4. The molecule has 2 aromatic rings. The second-order valence-electron chi connectivity index (χ2n) is 4.39. The van der Waals surface area contributed by atoms with Gasteiger partial charge in [-0.05, 0) is 24.6 Å². The molecule has 2 aromatic heterocycles. The van der Waals surface area contributed by atoms with Gasteiger partial charge in [0.05, 0.1) is 12.2 Å². The normalized spacial score (nSPS) is 10.3. The van der Waals surface area contributed by atoms with Gasteiger partial charge in [0.15, 0.2) is 5.69 Å². The third-order valence-corrected chi connectivity index (χ3v) is 2.65. The lowest BCUT2D eigenvalue weighted by molar-refractivity contribution is 0.0944. The number of aryl methyl sites for hydroxylation is 1. The molecular weight excluding hydrogens is 256 g/mol. The summed E-state index contributed by atoms with van der Waals surface area (Å²) in [6.07, 6.45) is 2.84. The SMILES string of the molecule is CCCNc1ccc(C(=O)NCc2ccn(C)n2)nn1. The van der Waals surface area contributed by atoms with Crippen LogP contribution in [-0.4, -0.2) is 32.4 Å². The molecular formula is C13H18N6O. The van der Waals surface area contributed by atoms with Gasteiger partial charge in [-0.2, -0.15) is 5.10 Å². The second-order valence-corrected chi connectivity index (χ2v) is 4.39. The van der Waals surface area contributed by atoms with Crippen LogP contribution in [0.3, 0.4) is 0 Å². The van der Waals surface area contributed by atoms with Crippen LogP contribution in [0.4, 0.5) is 5.82 Å². The highest BCUT2D eigenvalue weighted by atomic mass is 16.1. The molecule has 7 heteroatoms. The van der Waals surface area contributed by atoms with Crippen LogP contribution >= 0.6 is 0 Å². The Balaban J connectivity index is 1.88. The maximum Gasteiger partial charge on any atom is 0.272 e. The zero-order valence-corrected chi connectivity index (χ0v) is 11.6. The van der Waals surface area contributed by atoms with E-state index in [-0.39, 0.29) is 5.91 Å². The van der Waals surface area contributed by atoms with Crippen molar-refractivity contribution in [1.29, 1.82) is 0 Å². The molecule has 0 saturated carbocycles. The van der Waals surface area contributed by atoms with E-state index >= 15 is 0 Å². The van der Waals surface area contributed by atoms with Crippen molar-refractivity contribution in [2.24, 2.45) is 7.05 Å². The average molecular weight is 274 g/mol. The smallest absolute Gasteiger partial charge is 0.272 e. The maximum absolute atomic E-state index is 11.9. The number of rotatable bonds is 6. The maximum atomic E-state index is 11.9. The summed E-state index contributed by atoms with van der Waals surface area (Å²) < 4.78 is 1.69. The Labute approximate surface area is 117 Å². The molecule has 0 spiro atoms. The van der Waals surface area contributed by atoms with Crippen LogP contribution in [0.25, 0.3) is 0 Å². The number of amides is 1. The Morgan fingerprint density at radius 1 is 1.30 bits per heavy atom. The van der Waals surface area contributed by atoms with E-state index < -0.39 is 0 Å². The van der Waals surface area contributed by atoms with Crippen molar-refractivity contribution in [2.75, 3.05) is 11.9 Å². The molecule has 0 aromatic carbocycles. The lowest BCUT2D eigenvalue weighted by Crippen LogP contribution is -2.24. The topological polar surface area (TPSA) is 84.7 Å². The molecule has 0 radical (unpaired) electrons. The van der Waals surface area contributed by atoms with E-state index in [2.05, 4.69) is 32.9 Å². The van der Waals surface area contributed by atoms with E-state index in [0.717, 1.165) is 18.7 Å². The lowest BCUT2D eigenvalue weighted by Gasteiger charge is -2.04. The summed E-state index contributed by atoms with van der Waals surface area (Å²) in [7, 11) is 1.83. The number of anilines is 1. The molecule has 0 aliphatic rings. The largest absolute Gasteiger partial charge is 0.369 e. The molecule has 2 rings (SSSR count). The van der Waals surface area contributed by atoms with Crippen molar-refractivity contribution in [1.82, 2.24) is 25.3 Å². The number of aromatic nitrogens is 4. The minimum atomic E-state index is -0.259.